The van der Waals surface area contributed by atoms with E-state index in [-0.39, 0.29) is 17.7 Å². The molecule has 2 atom stereocenters. The molecule has 0 saturated carbocycles. The van der Waals surface area contributed by atoms with Gasteiger partial charge in [-0.2, -0.15) is 0 Å². The van der Waals surface area contributed by atoms with Crippen molar-refractivity contribution in [2.24, 2.45) is 0 Å². The predicted molar refractivity (Wildman–Crippen MR) is 64.0 cm³/mol. The van der Waals surface area contributed by atoms with Crippen LogP contribution in [0.2, 0.25) is 0 Å². The minimum atomic E-state index is -0.173. The third-order valence-electron chi connectivity index (χ3n) is 3.19. The van der Waals surface area contributed by atoms with Crippen LogP contribution in [0.3, 0.4) is 0 Å². The summed E-state index contributed by atoms with van der Waals surface area (Å²) in [6.45, 7) is 13.0. The zero-order valence-electron chi connectivity index (χ0n) is 10.7. The van der Waals surface area contributed by atoms with Crippen molar-refractivity contribution in [2.45, 2.75) is 64.8 Å². The van der Waals surface area contributed by atoms with Crippen LogP contribution >= 0.6 is 0 Å². The SMILES string of the molecule is CC(C)N(CC1NCCC1O)C(C)(C)C. The van der Waals surface area contributed by atoms with Gasteiger partial charge in [-0.05, 0) is 47.6 Å². The highest BCUT2D eigenvalue weighted by Gasteiger charge is 2.31. The lowest BCUT2D eigenvalue weighted by Crippen LogP contribution is -2.53. The highest BCUT2D eigenvalue weighted by atomic mass is 16.3. The van der Waals surface area contributed by atoms with Crippen LogP contribution in [0.5, 0.6) is 0 Å². The number of aliphatic hydroxyl groups excluding tert-OH is 1. The average Bonchev–Trinajstić information content (AvgIpc) is 2.44. The first-order valence-electron chi connectivity index (χ1n) is 6.00. The van der Waals surface area contributed by atoms with Crippen LogP contribution in [0, 0.1) is 0 Å². The van der Waals surface area contributed by atoms with Crippen LogP contribution in [0.25, 0.3) is 0 Å². The molecule has 1 rings (SSSR count). The third-order valence-corrected chi connectivity index (χ3v) is 3.19. The van der Waals surface area contributed by atoms with Gasteiger partial charge in [-0.1, -0.05) is 0 Å². The van der Waals surface area contributed by atoms with Gasteiger partial charge in [-0.25, -0.2) is 0 Å². The molecule has 90 valence electrons. The molecule has 0 aromatic rings. The molecule has 3 heteroatoms. The molecule has 1 saturated heterocycles. The first-order chi connectivity index (χ1) is 6.82. The van der Waals surface area contributed by atoms with Gasteiger partial charge in [0.2, 0.25) is 0 Å². The van der Waals surface area contributed by atoms with Crippen LogP contribution in [-0.2, 0) is 0 Å². The zero-order valence-corrected chi connectivity index (χ0v) is 10.7. The Morgan fingerprint density at radius 3 is 2.33 bits per heavy atom. The quantitative estimate of drug-likeness (QED) is 0.741. The molecule has 0 radical (unpaired) electrons. The minimum absolute atomic E-state index is 0.165. The van der Waals surface area contributed by atoms with Crippen molar-refractivity contribution < 1.29 is 5.11 Å². The normalized spacial score (nSPS) is 28.0. The van der Waals surface area contributed by atoms with E-state index < -0.39 is 0 Å². The molecule has 1 fully saturated rings. The van der Waals surface area contributed by atoms with Crippen molar-refractivity contribution in [3.63, 3.8) is 0 Å². The monoisotopic (exact) mass is 214 g/mol. The van der Waals surface area contributed by atoms with Crippen LogP contribution in [-0.4, -0.2) is 46.8 Å². The van der Waals surface area contributed by atoms with E-state index in [1.165, 1.54) is 0 Å². The van der Waals surface area contributed by atoms with E-state index >= 15 is 0 Å². The molecule has 3 nitrogen and oxygen atoms in total. The standard InChI is InChI=1S/C12H26N2O/c1-9(2)14(12(3,4)5)8-10-11(15)6-7-13-10/h9-11,13,15H,6-8H2,1-5H3. The molecule has 0 bridgehead atoms. The van der Waals surface area contributed by atoms with Gasteiger partial charge in [-0.3, -0.25) is 4.90 Å². The molecule has 1 heterocycles. The zero-order chi connectivity index (χ0) is 11.6. The first-order valence-corrected chi connectivity index (χ1v) is 6.00. The molecule has 0 spiro atoms. The molecular formula is C12H26N2O. The number of hydrogen-bond acceptors (Lipinski definition) is 3. The lowest BCUT2D eigenvalue weighted by molar-refractivity contribution is 0.0606. The molecule has 0 amide bonds. The second-order valence-electron chi connectivity index (χ2n) is 5.83. The van der Waals surface area contributed by atoms with Crippen molar-refractivity contribution in [3.05, 3.63) is 0 Å². The first kappa shape index (κ1) is 12.9. The molecule has 0 aromatic carbocycles. The summed E-state index contributed by atoms with van der Waals surface area (Å²) in [5.74, 6) is 0. The van der Waals surface area contributed by atoms with Crippen LogP contribution in [0.4, 0.5) is 0 Å². The molecule has 2 N–H and O–H groups in total. The Morgan fingerprint density at radius 2 is 2.00 bits per heavy atom. The minimum Gasteiger partial charge on any atom is -0.391 e. The molecule has 1 aliphatic heterocycles. The van der Waals surface area contributed by atoms with Crippen LogP contribution in [0.15, 0.2) is 0 Å². The number of nitrogens with zero attached hydrogens (tertiary/aromatic N) is 1. The summed E-state index contributed by atoms with van der Waals surface area (Å²) in [5.41, 5.74) is 0.165. The molecule has 1 aliphatic rings. The molecular weight excluding hydrogens is 188 g/mol. The second-order valence-corrected chi connectivity index (χ2v) is 5.83. The van der Waals surface area contributed by atoms with Gasteiger partial charge < -0.3 is 10.4 Å². The second kappa shape index (κ2) is 4.81. The van der Waals surface area contributed by atoms with Crippen LogP contribution in [0.1, 0.15) is 41.0 Å². The topological polar surface area (TPSA) is 35.5 Å². The van der Waals surface area contributed by atoms with Gasteiger partial charge in [0.1, 0.15) is 0 Å². The molecule has 0 aromatic heterocycles. The fraction of sp³-hybridized carbons (Fsp3) is 1.00. The number of aliphatic hydroxyl groups is 1. The van der Waals surface area contributed by atoms with Gasteiger partial charge in [0.25, 0.3) is 0 Å². The van der Waals surface area contributed by atoms with E-state index in [9.17, 15) is 5.11 Å². The van der Waals surface area contributed by atoms with Crippen molar-refractivity contribution >= 4 is 0 Å². The Morgan fingerprint density at radius 1 is 1.40 bits per heavy atom. The lowest BCUT2D eigenvalue weighted by Gasteiger charge is -2.41. The number of hydrogen-bond donors (Lipinski definition) is 2. The highest BCUT2D eigenvalue weighted by Crippen LogP contribution is 2.19. The molecule has 15 heavy (non-hydrogen) atoms. The largest absolute Gasteiger partial charge is 0.391 e. The average molecular weight is 214 g/mol. The van der Waals surface area contributed by atoms with E-state index in [1.54, 1.807) is 0 Å². The summed E-state index contributed by atoms with van der Waals surface area (Å²) in [6.07, 6.45) is 0.717. The Hall–Kier alpha value is -0.120. The maximum absolute atomic E-state index is 9.80. The Kier molecular flexibility index (Phi) is 4.15. The van der Waals surface area contributed by atoms with Gasteiger partial charge >= 0.3 is 0 Å². The van der Waals surface area contributed by atoms with Crippen molar-refractivity contribution in [1.82, 2.24) is 10.2 Å². The maximum Gasteiger partial charge on any atom is 0.0717 e. The Bertz CT molecular complexity index is 198. The Balaban J connectivity index is 2.59. The van der Waals surface area contributed by atoms with Crippen molar-refractivity contribution in [1.29, 1.82) is 0 Å². The molecule has 2 unspecified atom stereocenters. The van der Waals surface area contributed by atoms with E-state index in [0.717, 1.165) is 19.5 Å². The Labute approximate surface area is 93.9 Å². The summed E-state index contributed by atoms with van der Waals surface area (Å²) < 4.78 is 0. The lowest BCUT2D eigenvalue weighted by atomic mass is 10.0. The predicted octanol–water partition coefficient (Wildman–Crippen LogP) is 1.22. The van der Waals surface area contributed by atoms with E-state index in [4.69, 9.17) is 0 Å². The summed E-state index contributed by atoms with van der Waals surface area (Å²) in [5, 5.41) is 13.2. The smallest absolute Gasteiger partial charge is 0.0717 e. The third kappa shape index (κ3) is 3.44. The fourth-order valence-electron chi connectivity index (χ4n) is 2.41. The van der Waals surface area contributed by atoms with Gasteiger partial charge in [0.15, 0.2) is 0 Å². The van der Waals surface area contributed by atoms with E-state index in [0.29, 0.717) is 6.04 Å². The van der Waals surface area contributed by atoms with Crippen LogP contribution < -0.4 is 5.32 Å². The summed E-state index contributed by atoms with van der Waals surface area (Å²) in [4.78, 5) is 2.44. The summed E-state index contributed by atoms with van der Waals surface area (Å²) in [6, 6.07) is 0.756. The molecule has 0 aliphatic carbocycles. The fourth-order valence-corrected chi connectivity index (χ4v) is 2.41. The van der Waals surface area contributed by atoms with Crippen molar-refractivity contribution in [2.75, 3.05) is 13.1 Å². The van der Waals surface area contributed by atoms with E-state index in [2.05, 4.69) is 44.8 Å². The van der Waals surface area contributed by atoms with E-state index in [1.807, 2.05) is 0 Å². The van der Waals surface area contributed by atoms with Gasteiger partial charge in [0, 0.05) is 24.2 Å². The number of rotatable bonds is 3. The van der Waals surface area contributed by atoms with Crippen molar-refractivity contribution in [3.8, 4) is 0 Å². The highest BCUT2D eigenvalue weighted by molar-refractivity contribution is 4.90. The summed E-state index contributed by atoms with van der Waals surface area (Å²) >= 11 is 0. The summed E-state index contributed by atoms with van der Waals surface area (Å²) in [7, 11) is 0. The number of nitrogens with one attached hydrogen (secondary N) is 1. The van der Waals surface area contributed by atoms with Gasteiger partial charge in [0.05, 0.1) is 6.10 Å². The maximum atomic E-state index is 9.80. The van der Waals surface area contributed by atoms with Gasteiger partial charge in [-0.15, -0.1) is 0 Å².